The number of benzene rings is 1. The van der Waals surface area contributed by atoms with Gasteiger partial charge in [0.05, 0.1) is 6.54 Å². The van der Waals surface area contributed by atoms with Gasteiger partial charge in [-0.05, 0) is 62.5 Å². The number of nitrogens with zero attached hydrogens (tertiary/aromatic N) is 1. The van der Waals surface area contributed by atoms with E-state index in [9.17, 15) is 22.8 Å². The Kier molecular flexibility index (Phi) is 6.04. The van der Waals surface area contributed by atoms with Gasteiger partial charge in [0.15, 0.2) is 11.6 Å². The molecular formula is C22H28F3N3O2. The Labute approximate surface area is 174 Å². The first-order valence-electron chi connectivity index (χ1n) is 10.8. The quantitative estimate of drug-likeness (QED) is 0.691. The van der Waals surface area contributed by atoms with Gasteiger partial charge in [-0.3, -0.25) is 9.59 Å². The molecule has 0 radical (unpaired) electrons. The van der Waals surface area contributed by atoms with Crippen molar-refractivity contribution >= 4 is 11.8 Å². The first-order valence-corrected chi connectivity index (χ1v) is 10.8. The smallest absolute Gasteiger partial charge is 0.242 e. The lowest BCUT2D eigenvalue weighted by molar-refractivity contribution is -0.138. The molecule has 1 aromatic rings. The molecular weight excluding hydrogens is 395 g/mol. The van der Waals surface area contributed by atoms with Crippen LogP contribution in [0.4, 0.5) is 13.2 Å². The van der Waals surface area contributed by atoms with Gasteiger partial charge in [0.25, 0.3) is 0 Å². The molecule has 3 fully saturated rings. The van der Waals surface area contributed by atoms with E-state index in [0.29, 0.717) is 18.9 Å². The zero-order valence-electron chi connectivity index (χ0n) is 16.9. The average molecular weight is 423 g/mol. The molecule has 1 aromatic carbocycles. The summed E-state index contributed by atoms with van der Waals surface area (Å²) in [5.41, 5.74) is 6.40. The van der Waals surface area contributed by atoms with Crippen molar-refractivity contribution in [2.24, 2.45) is 17.6 Å². The minimum atomic E-state index is -1.21. The molecule has 2 amide bonds. The number of piperidine rings is 1. The molecule has 1 unspecified atom stereocenters. The standard InChI is InChI=1S/C22H28F3N3O2/c23-17-10-19(25)18(24)8-13(17)9-20(26)14-6-15-4-5-16(7-14)28(15)21(29)11-27-22(30)12-2-1-3-12/h8,10,12,14-16,20H,1-7,9,11,26H2,(H,27,30)/t14?,15-,16+,20-/m1/s1. The Bertz CT molecular complexity index is 816. The van der Waals surface area contributed by atoms with Crippen molar-refractivity contribution in [3.63, 3.8) is 0 Å². The molecule has 30 heavy (non-hydrogen) atoms. The first-order chi connectivity index (χ1) is 14.3. The minimum Gasteiger partial charge on any atom is -0.347 e. The molecule has 1 aliphatic carbocycles. The van der Waals surface area contributed by atoms with Crippen molar-refractivity contribution < 1.29 is 22.8 Å². The van der Waals surface area contributed by atoms with E-state index >= 15 is 0 Å². The number of amides is 2. The Morgan fingerprint density at radius 1 is 1.03 bits per heavy atom. The van der Waals surface area contributed by atoms with Crippen LogP contribution in [0.1, 0.15) is 50.5 Å². The van der Waals surface area contributed by atoms with Gasteiger partial charge in [-0.25, -0.2) is 13.2 Å². The van der Waals surface area contributed by atoms with E-state index in [1.807, 2.05) is 4.90 Å². The predicted molar refractivity (Wildman–Crippen MR) is 105 cm³/mol. The van der Waals surface area contributed by atoms with Crippen LogP contribution in [0.2, 0.25) is 0 Å². The van der Waals surface area contributed by atoms with E-state index in [2.05, 4.69) is 5.32 Å². The summed E-state index contributed by atoms with van der Waals surface area (Å²) in [5, 5.41) is 2.77. The fourth-order valence-corrected chi connectivity index (χ4v) is 5.19. The van der Waals surface area contributed by atoms with Crippen molar-refractivity contribution in [3.05, 3.63) is 35.1 Å². The van der Waals surface area contributed by atoms with Gasteiger partial charge >= 0.3 is 0 Å². The van der Waals surface area contributed by atoms with Gasteiger partial charge in [-0.2, -0.15) is 0 Å². The summed E-state index contributed by atoms with van der Waals surface area (Å²) in [4.78, 5) is 26.6. The van der Waals surface area contributed by atoms with Crippen LogP contribution in [0.15, 0.2) is 12.1 Å². The monoisotopic (exact) mass is 423 g/mol. The Morgan fingerprint density at radius 2 is 1.67 bits per heavy atom. The van der Waals surface area contributed by atoms with Crippen molar-refractivity contribution in [2.45, 2.75) is 69.5 Å². The fourth-order valence-electron chi connectivity index (χ4n) is 5.19. The molecule has 2 aliphatic heterocycles. The number of nitrogens with one attached hydrogen (secondary N) is 1. The normalized spacial score (nSPS) is 26.9. The largest absolute Gasteiger partial charge is 0.347 e. The number of carbonyl (C=O) groups excluding carboxylic acids is 2. The zero-order valence-corrected chi connectivity index (χ0v) is 16.9. The molecule has 3 aliphatic rings. The highest BCUT2D eigenvalue weighted by molar-refractivity contribution is 5.86. The number of nitrogens with two attached hydrogens (primary N) is 1. The van der Waals surface area contributed by atoms with Crippen LogP contribution in [0.3, 0.4) is 0 Å². The highest BCUT2D eigenvalue weighted by Gasteiger charge is 2.44. The summed E-state index contributed by atoms with van der Waals surface area (Å²) in [6, 6.07) is 1.15. The van der Waals surface area contributed by atoms with Gasteiger partial charge < -0.3 is 16.0 Å². The number of rotatable bonds is 6. The van der Waals surface area contributed by atoms with Crippen LogP contribution in [0, 0.1) is 29.3 Å². The molecule has 2 bridgehead atoms. The summed E-state index contributed by atoms with van der Waals surface area (Å²) >= 11 is 0. The summed E-state index contributed by atoms with van der Waals surface area (Å²) in [5.74, 6) is -3.05. The summed E-state index contributed by atoms with van der Waals surface area (Å²) in [7, 11) is 0. The van der Waals surface area contributed by atoms with Crippen molar-refractivity contribution in [3.8, 4) is 0 Å². The van der Waals surface area contributed by atoms with Gasteiger partial charge in [-0.15, -0.1) is 0 Å². The number of halogens is 3. The van der Waals surface area contributed by atoms with Crippen LogP contribution < -0.4 is 11.1 Å². The molecule has 2 heterocycles. The number of hydrogen-bond donors (Lipinski definition) is 2. The zero-order chi connectivity index (χ0) is 21.4. The fraction of sp³-hybridized carbons (Fsp3) is 0.636. The molecule has 3 N–H and O–H groups in total. The van der Waals surface area contributed by atoms with Gasteiger partial charge in [-0.1, -0.05) is 6.42 Å². The second-order valence-corrected chi connectivity index (χ2v) is 8.99. The van der Waals surface area contributed by atoms with E-state index in [0.717, 1.165) is 38.2 Å². The third kappa shape index (κ3) is 4.19. The highest BCUT2D eigenvalue weighted by atomic mass is 19.2. The lowest BCUT2D eigenvalue weighted by Gasteiger charge is -2.41. The van der Waals surface area contributed by atoms with Crippen molar-refractivity contribution in [2.75, 3.05) is 6.54 Å². The number of carbonyl (C=O) groups is 2. The summed E-state index contributed by atoms with van der Waals surface area (Å²) in [6.07, 6.45) is 6.15. The maximum atomic E-state index is 14.0. The van der Waals surface area contributed by atoms with E-state index in [1.54, 1.807) is 0 Å². The SMILES string of the molecule is N[C@H](Cc1cc(F)c(F)cc1F)C1C[C@H]2CC[C@@H](C1)N2C(=O)CNC(=O)C1CCC1. The number of fused-ring (bicyclic) bond motifs is 2. The molecule has 1 saturated carbocycles. The Balaban J connectivity index is 1.33. The van der Waals surface area contributed by atoms with E-state index in [4.69, 9.17) is 5.73 Å². The molecule has 0 aromatic heterocycles. The Morgan fingerprint density at radius 3 is 2.27 bits per heavy atom. The molecule has 0 spiro atoms. The second-order valence-electron chi connectivity index (χ2n) is 8.99. The third-order valence-electron chi connectivity index (χ3n) is 7.10. The lowest BCUT2D eigenvalue weighted by atomic mass is 9.82. The van der Waals surface area contributed by atoms with Crippen LogP contribution in [-0.2, 0) is 16.0 Å². The maximum absolute atomic E-state index is 14.0. The molecule has 8 heteroatoms. The van der Waals surface area contributed by atoms with Gasteiger partial charge in [0.1, 0.15) is 5.82 Å². The van der Waals surface area contributed by atoms with Crippen LogP contribution >= 0.6 is 0 Å². The highest BCUT2D eigenvalue weighted by Crippen LogP contribution is 2.40. The first kappa shape index (κ1) is 21.2. The van der Waals surface area contributed by atoms with Crippen molar-refractivity contribution in [1.29, 1.82) is 0 Å². The summed E-state index contributed by atoms with van der Waals surface area (Å²) in [6.45, 7) is 0.0269. The molecule has 4 atom stereocenters. The molecule has 5 nitrogen and oxygen atoms in total. The Hall–Kier alpha value is -2.09. The third-order valence-corrected chi connectivity index (χ3v) is 7.10. The predicted octanol–water partition coefficient (Wildman–Crippen LogP) is 2.66. The molecule has 2 saturated heterocycles. The van der Waals surface area contributed by atoms with E-state index in [1.165, 1.54) is 0 Å². The average Bonchev–Trinajstić information content (AvgIpc) is 2.92. The number of hydrogen-bond acceptors (Lipinski definition) is 3. The second kappa shape index (κ2) is 8.57. The molecule has 164 valence electrons. The van der Waals surface area contributed by atoms with E-state index < -0.39 is 23.5 Å². The minimum absolute atomic E-state index is 0.0269. The summed E-state index contributed by atoms with van der Waals surface area (Å²) < 4.78 is 40.6. The van der Waals surface area contributed by atoms with E-state index in [-0.39, 0.29) is 54.3 Å². The maximum Gasteiger partial charge on any atom is 0.242 e. The van der Waals surface area contributed by atoms with Crippen molar-refractivity contribution in [1.82, 2.24) is 10.2 Å². The topological polar surface area (TPSA) is 75.4 Å². The lowest BCUT2D eigenvalue weighted by Crippen LogP contribution is -2.53. The van der Waals surface area contributed by atoms with Crippen LogP contribution in [0.5, 0.6) is 0 Å². The van der Waals surface area contributed by atoms with Gasteiger partial charge in [0.2, 0.25) is 11.8 Å². The molecule has 4 rings (SSSR count). The van der Waals surface area contributed by atoms with Gasteiger partial charge in [0, 0.05) is 30.1 Å². The van der Waals surface area contributed by atoms with Crippen LogP contribution in [0.25, 0.3) is 0 Å². The van der Waals surface area contributed by atoms with Crippen LogP contribution in [-0.4, -0.2) is 41.4 Å².